The van der Waals surface area contributed by atoms with E-state index in [9.17, 15) is 14.9 Å². The normalized spacial score (nSPS) is 10.8. The SMILES string of the molecule is O=C(Nc1cc(Oc2cccnc2)cc([N+](=O)[O-])c1)c1cc2nc(-c3ccccc3)cc(-c3ccccc3)n2n1. The highest BCUT2D eigenvalue weighted by Gasteiger charge is 2.19. The molecule has 0 atom stereocenters. The second kappa shape index (κ2) is 10.5. The lowest BCUT2D eigenvalue weighted by atomic mass is 10.1. The smallest absolute Gasteiger partial charge is 0.276 e. The Hall–Kier alpha value is -5.90. The molecular weight excluding hydrogens is 508 g/mol. The van der Waals surface area contributed by atoms with Crippen LogP contribution in [0.15, 0.2) is 116 Å². The van der Waals surface area contributed by atoms with E-state index in [1.54, 1.807) is 28.9 Å². The number of carbonyl (C=O) groups excluding carboxylic acids is 1. The summed E-state index contributed by atoms with van der Waals surface area (Å²) in [4.78, 5) is 33.0. The summed E-state index contributed by atoms with van der Waals surface area (Å²) >= 11 is 0. The minimum atomic E-state index is -0.558. The lowest BCUT2D eigenvalue weighted by Gasteiger charge is -2.09. The van der Waals surface area contributed by atoms with Crippen molar-refractivity contribution in [2.45, 2.75) is 0 Å². The number of aromatic nitrogens is 4. The topological polar surface area (TPSA) is 125 Å². The highest BCUT2D eigenvalue weighted by atomic mass is 16.6. The van der Waals surface area contributed by atoms with Gasteiger partial charge in [-0.15, -0.1) is 0 Å². The van der Waals surface area contributed by atoms with Crippen LogP contribution >= 0.6 is 0 Å². The highest BCUT2D eigenvalue weighted by molar-refractivity contribution is 6.04. The van der Waals surface area contributed by atoms with Gasteiger partial charge in [-0.25, -0.2) is 9.50 Å². The molecule has 0 saturated heterocycles. The number of benzene rings is 3. The van der Waals surface area contributed by atoms with Crippen molar-refractivity contribution < 1.29 is 14.5 Å². The second-order valence-corrected chi connectivity index (χ2v) is 8.78. The molecule has 1 N–H and O–H groups in total. The Morgan fingerprint density at radius 1 is 0.850 bits per heavy atom. The fourth-order valence-corrected chi connectivity index (χ4v) is 4.22. The summed E-state index contributed by atoms with van der Waals surface area (Å²) in [5.41, 5.74) is 3.82. The molecule has 0 radical (unpaired) electrons. The van der Waals surface area contributed by atoms with Crippen molar-refractivity contribution in [3.05, 3.63) is 131 Å². The van der Waals surface area contributed by atoms with Crippen molar-refractivity contribution in [1.82, 2.24) is 19.6 Å². The number of hydrogen-bond donors (Lipinski definition) is 1. The quantitative estimate of drug-likeness (QED) is 0.187. The van der Waals surface area contributed by atoms with E-state index >= 15 is 0 Å². The zero-order valence-electron chi connectivity index (χ0n) is 20.8. The van der Waals surface area contributed by atoms with Gasteiger partial charge in [-0.2, -0.15) is 5.10 Å². The van der Waals surface area contributed by atoms with Crippen LogP contribution in [0.2, 0.25) is 0 Å². The Kier molecular flexibility index (Phi) is 6.39. The fraction of sp³-hybridized carbons (Fsp3) is 0. The summed E-state index contributed by atoms with van der Waals surface area (Å²) in [7, 11) is 0. The maximum Gasteiger partial charge on any atom is 0.276 e. The van der Waals surface area contributed by atoms with Crippen LogP contribution in [0.4, 0.5) is 11.4 Å². The molecule has 6 aromatic rings. The third-order valence-electron chi connectivity index (χ3n) is 6.03. The maximum atomic E-state index is 13.3. The number of carbonyl (C=O) groups is 1. The molecule has 3 aromatic heterocycles. The highest BCUT2D eigenvalue weighted by Crippen LogP contribution is 2.30. The molecule has 0 aliphatic heterocycles. The van der Waals surface area contributed by atoms with E-state index < -0.39 is 10.8 Å². The first-order valence-corrected chi connectivity index (χ1v) is 12.2. The zero-order valence-corrected chi connectivity index (χ0v) is 20.8. The van der Waals surface area contributed by atoms with E-state index in [2.05, 4.69) is 15.4 Å². The van der Waals surface area contributed by atoms with Crippen LogP contribution in [-0.2, 0) is 0 Å². The molecule has 0 spiro atoms. The molecule has 194 valence electrons. The molecule has 1 amide bonds. The number of anilines is 1. The van der Waals surface area contributed by atoms with Crippen LogP contribution in [0.25, 0.3) is 28.2 Å². The third-order valence-corrected chi connectivity index (χ3v) is 6.03. The molecule has 40 heavy (non-hydrogen) atoms. The minimum Gasteiger partial charge on any atom is -0.455 e. The van der Waals surface area contributed by atoms with Gasteiger partial charge in [-0.1, -0.05) is 60.7 Å². The molecule has 6 rings (SSSR count). The summed E-state index contributed by atoms with van der Waals surface area (Å²) in [6, 6.07) is 30.3. The molecule has 3 aromatic carbocycles. The summed E-state index contributed by atoms with van der Waals surface area (Å²) in [5, 5.41) is 18.8. The standard InChI is InChI=1S/C30H20N6O4/c37-30(32-22-14-23(36(38)39)16-25(15-22)40-24-12-7-13-31-19-24)27-18-29-33-26(20-8-3-1-4-9-20)17-28(35(29)34-27)21-10-5-2-6-11-21/h1-19H,(H,32,37). The van der Waals surface area contributed by atoms with Gasteiger partial charge in [0.15, 0.2) is 11.3 Å². The molecular formula is C30H20N6O4. The van der Waals surface area contributed by atoms with Crippen molar-refractivity contribution in [3.63, 3.8) is 0 Å². The summed E-state index contributed by atoms with van der Waals surface area (Å²) in [6.45, 7) is 0. The van der Waals surface area contributed by atoms with Gasteiger partial charge in [0.25, 0.3) is 11.6 Å². The number of fused-ring (bicyclic) bond motifs is 1. The van der Waals surface area contributed by atoms with Crippen molar-refractivity contribution in [2.24, 2.45) is 0 Å². The first-order valence-electron chi connectivity index (χ1n) is 12.2. The average molecular weight is 529 g/mol. The third kappa shape index (κ3) is 5.09. The molecule has 0 saturated carbocycles. The number of nitrogens with one attached hydrogen (secondary N) is 1. The lowest BCUT2D eigenvalue weighted by molar-refractivity contribution is -0.384. The van der Waals surface area contributed by atoms with Crippen LogP contribution in [0.5, 0.6) is 11.5 Å². The van der Waals surface area contributed by atoms with E-state index in [1.165, 1.54) is 24.4 Å². The van der Waals surface area contributed by atoms with Gasteiger partial charge in [0.2, 0.25) is 0 Å². The van der Waals surface area contributed by atoms with Gasteiger partial charge >= 0.3 is 0 Å². The van der Waals surface area contributed by atoms with Crippen LogP contribution in [-0.4, -0.2) is 30.4 Å². The van der Waals surface area contributed by atoms with E-state index in [4.69, 9.17) is 9.72 Å². The monoisotopic (exact) mass is 528 g/mol. The number of pyridine rings is 1. The van der Waals surface area contributed by atoms with E-state index in [0.29, 0.717) is 11.4 Å². The van der Waals surface area contributed by atoms with Gasteiger partial charge in [0.1, 0.15) is 11.5 Å². The maximum absolute atomic E-state index is 13.3. The second-order valence-electron chi connectivity index (χ2n) is 8.78. The van der Waals surface area contributed by atoms with Crippen LogP contribution < -0.4 is 10.1 Å². The van der Waals surface area contributed by atoms with Crippen molar-refractivity contribution in [3.8, 4) is 34.0 Å². The fourth-order valence-electron chi connectivity index (χ4n) is 4.22. The number of nitro benzene ring substituents is 1. The van der Waals surface area contributed by atoms with Crippen LogP contribution in [0.3, 0.4) is 0 Å². The number of nitrogens with zero attached hydrogens (tertiary/aromatic N) is 5. The van der Waals surface area contributed by atoms with Crippen LogP contribution in [0.1, 0.15) is 10.5 Å². The molecule has 0 aliphatic carbocycles. The lowest BCUT2D eigenvalue weighted by Crippen LogP contribution is -2.13. The number of amides is 1. The summed E-state index contributed by atoms with van der Waals surface area (Å²) < 4.78 is 7.33. The predicted octanol–water partition coefficient (Wildman–Crippen LogP) is 6.41. The first-order chi connectivity index (χ1) is 19.5. The first kappa shape index (κ1) is 24.4. The minimum absolute atomic E-state index is 0.0936. The molecule has 0 unspecified atom stereocenters. The van der Waals surface area contributed by atoms with E-state index in [1.807, 2.05) is 66.7 Å². The molecule has 0 bridgehead atoms. The van der Waals surface area contributed by atoms with Crippen molar-refractivity contribution in [2.75, 3.05) is 5.32 Å². The largest absolute Gasteiger partial charge is 0.455 e. The molecule has 0 fully saturated rings. The molecule has 10 nitrogen and oxygen atoms in total. The Bertz CT molecular complexity index is 1840. The molecule has 10 heteroatoms. The van der Waals surface area contributed by atoms with Crippen LogP contribution in [0, 0.1) is 10.1 Å². The number of hydrogen-bond acceptors (Lipinski definition) is 7. The predicted molar refractivity (Wildman–Crippen MR) is 149 cm³/mol. The molecule has 3 heterocycles. The van der Waals surface area contributed by atoms with Gasteiger partial charge in [-0.3, -0.25) is 19.9 Å². The average Bonchev–Trinajstić information content (AvgIpc) is 3.43. The zero-order chi connectivity index (χ0) is 27.5. The Morgan fingerprint density at radius 3 is 2.30 bits per heavy atom. The van der Waals surface area contributed by atoms with Gasteiger partial charge in [0, 0.05) is 35.5 Å². The summed E-state index contributed by atoms with van der Waals surface area (Å²) in [6.07, 6.45) is 3.07. The van der Waals surface area contributed by atoms with Gasteiger partial charge < -0.3 is 10.1 Å². The van der Waals surface area contributed by atoms with Crippen molar-refractivity contribution >= 4 is 22.9 Å². The Balaban J connectivity index is 1.37. The number of non-ortho nitro benzene ring substituents is 1. The van der Waals surface area contributed by atoms with Crippen molar-refractivity contribution in [1.29, 1.82) is 0 Å². The van der Waals surface area contributed by atoms with E-state index in [-0.39, 0.29) is 22.8 Å². The number of nitro groups is 1. The Morgan fingerprint density at radius 2 is 1.60 bits per heavy atom. The molecule has 0 aliphatic rings. The Labute approximate surface area is 227 Å². The van der Waals surface area contributed by atoms with Gasteiger partial charge in [-0.05, 0) is 18.2 Å². The number of ether oxygens (including phenoxy) is 1. The number of rotatable bonds is 7. The van der Waals surface area contributed by atoms with E-state index in [0.717, 1.165) is 22.5 Å². The summed E-state index contributed by atoms with van der Waals surface area (Å²) in [5.74, 6) is 0.0148. The van der Waals surface area contributed by atoms with Gasteiger partial charge in [0.05, 0.1) is 34.3 Å².